The topological polar surface area (TPSA) is 63.7 Å². The maximum absolute atomic E-state index is 11.8. The van der Waals surface area contributed by atoms with Crippen molar-refractivity contribution in [3.05, 3.63) is 64.1 Å². The van der Waals surface area contributed by atoms with E-state index in [9.17, 15) is 4.79 Å². The third kappa shape index (κ3) is 2.99. The van der Waals surface area contributed by atoms with Crippen molar-refractivity contribution in [3.8, 4) is 5.75 Å². The number of ether oxygens (including phenoxy) is 2. The van der Waals surface area contributed by atoms with Crippen LogP contribution in [0.2, 0.25) is 0 Å². The third-order valence-corrected chi connectivity index (χ3v) is 4.10. The maximum Gasteiger partial charge on any atom is 0.251 e. The first kappa shape index (κ1) is 15.3. The van der Waals surface area contributed by atoms with Crippen molar-refractivity contribution in [1.29, 1.82) is 0 Å². The SMILES string of the molecule is COc1cc(C(C)(C)C2=N[C@@H](c3ccccc3)CO2)[nH]c(=O)c1. The molecule has 0 saturated heterocycles. The molecule has 2 aromatic rings. The molecule has 5 heteroatoms. The summed E-state index contributed by atoms with van der Waals surface area (Å²) in [5, 5.41) is 0. The second-order valence-corrected chi connectivity index (χ2v) is 6.09. The molecule has 0 fully saturated rings. The van der Waals surface area contributed by atoms with Gasteiger partial charge in [-0.25, -0.2) is 4.99 Å². The molecule has 1 aliphatic rings. The minimum Gasteiger partial charge on any atom is -0.496 e. The second kappa shape index (κ2) is 5.91. The van der Waals surface area contributed by atoms with E-state index in [2.05, 4.69) is 4.98 Å². The lowest BCUT2D eigenvalue weighted by Gasteiger charge is -2.24. The molecule has 23 heavy (non-hydrogen) atoms. The number of nitrogens with zero attached hydrogens (tertiary/aromatic N) is 1. The van der Waals surface area contributed by atoms with E-state index in [-0.39, 0.29) is 11.6 Å². The first-order valence-corrected chi connectivity index (χ1v) is 7.55. The van der Waals surface area contributed by atoms with Gasteiger partial charge >= 0.3 is 0 Å². The van der Waals surface area contributed by atoms with Gasteiger partial charge in [0.25, 0.3) is 5.56 Å². The lowest BCUT2D eigenvalue weighted by molar-refractivity contribution is 0.295. The highest BCUT2D eigenvalue weighted by Crippen LogP contribution is 2.32. The molecule has 0 spiro atoms. The lowest BCUT2D eigenvalue weighted by Crippen LogP contribution is -2.32. The predicted octanol–water partition coefficient (Wildman–Crippen LogP) is 2.83. The Labute approximate surface area is 135 Å². The number of rotatable bonds is 4. The Morgan fingerprint density at radius 2 is 2.00 bits per heavy atom. The van der Waals surface area contributed by atoms with E-state index < -0.39 is 5.41 Å². The average Bonchev–Trinajstić information content (AvgIpc) is 3.06. The number of H-pyrrole nitrogens is 1. The van der Waals surface area contributed by atoms with Crippen LogP contribution in [0.4, 0.5) is 0 Å². The first-order valence-electron chi connectivity index (χ1n) is 7.55. The Morgan fingerprint density at radius 3 is 2.70 bits per heavy atom. The van der Waals surface area contributed by atoms with Gasteiger partial charge in [-0.1, -0.05) is 30.3 Å². The lowest BCUT2D eigenvalue weighted by atomic mass is 9.88. The van der Waals surface area contributed by atoms with Crippen molar-refractivity contribution >= 4 is 5.90 Å². The number of aromatic nitrogens is 1. The molecule has 5 nitrogen and oxygen atoms in total. The zero-order valence-corrected chi connectivity index (χ0v) is 13.5. The van der Waals surface area contributed by atoms with Gasteiger partial charge in [-0.2, -0.15) is 0 Å². The number of hydrogen-bond acceptors (Lipinski definition) is 4. The van der Waals surface area contributed by atoms with Crippen molar-refractivity contribution in [2.75, 3.05) is 13.7 Å². The van der Waals surface area contributed by atoms with Crippen LogP contribution in [0, 0.1) is 0 Å². The van der Waals surface area contributed by atoms with Crippen LogP contribution in [0.5, 0.6) is 5.75 Å². The van der Waals surface area contributed by atoms with Gasteiger partial charge in [-0.15, -0.1) is 0 Å². The maximum atomic E-state index is 11.8. The van der Waals surface area contributed by atoms with Crippen LogP contribution >= 0.6 is 0 Å². The van der Waals surface area contributed by atoms with E-state index in [1.165, 1.54) is 6.07 Å². The van der Waals surface area contributed by atoms with Crippen LogP contribution in [0.15, 0.2) is 52.3 Å². The normalized spacial score (nSPS) is 17.5. The molecular formula is C18H20N2O3. The molecule has 0 saturated carbocycles. The Hall–Kier alpha value is -2.56. The highest BCUT2D eigenvalue weighted by atomic mass is 16.5. The highest BCUT2D eigenvalue weighted by Gasteiger charge is 2.35. The fraction of sp³-hybridized carbons (Fsp3) is 0.333. The van der Waals surface area contributed by atoms with Gasteiger partial charge in [-0.05, 0) is 19.4 Å². The molecule has 3 rings (SSSR count). The molecule has 1 aliphatic heterocycles. The smallest absolute Gasteiger partial charge is 0.251 e. The fourth-order valence-corrected chi connectivity index (χ4v) is 2.65. The largest absolute Gasteiger partial charge is 0.496 e. The zero-order valence-electron chi connectivity index (χ0n) is 13.5. The number of hydrogen-bond donors (Lipinski definition) is 1. The summed E-state index contributed by atoms with van der Waals surface area (Å²) in [5.41, 5.74) is 1.09. The van der Waals surface area contributed by atoms with Gasteiger partial charge in [0.2, 0.25) is 0 Å². The minimum atomic E-state index is -0.544. The zero-order chi connectivity index (χ0) is 16.4. The monoisotopic (exact) mass is 312 g/mol. The van der Waals surface area contributed by atoms with Gasteiger partial charge < -0.3 is 14.5 Å². The van der Waals surface area contributed by atoms with E-state index >= 15 is 0 Å². The van der Waals surface area contributed by atoms with E-state index in [1.807, 2.05) is 50.2 Å². The van der Waals surface area contributed by atoms with Gasteiger partial charge in [0.1, 0.15) is 18.4 Å². The molecule has 1 N–H and O–H groups in total. The van der Waals surface area contributed by atoms with E-state index in [0.29, 0.717) is 23.9 Å². The summed E-state index contributed by atoms with van der Waals surface area (Å²) in [7, 11) is 1.54. The Bertz CT molecular complexity index is 778. The van der Waals surface area contributed by atoms with Crippen molar-refractivity contribution in [2.24, 2.45) is 4.99 Å². The summed E-state index contributed by atoms with van der Waals surface area (Å²) in [6, 6.07) is 13.3. The van der Waals surface area contributed by atoms with Crippen molar-refractivity contribution in [2.45, 2.75) is 25.3 Å². The fourth-order valence-electron chi connectivity index (χ4n) is 2.65. The molecule has 0 unspecified atom stereocenters. The number of pyridine rings is 1. The summed E-state index contributed by atoms with van der Waals surface area (Å²) in [6.45, 7) is 4.46. The van der Waals surface area contributed by atoms with Crippen LogP contribution < -0.4 is 10.3 Å². The van der Waals surface area contributed by atoms with Crippen LogP contribution in [-0.4, -0.2) is 24.6 Å². The van der Waals surface area contributed by atoms with Gasteiger partial charge in [0.05, 0.1) is 12.5 Å². The Balaban J connectivity index is 1.94. The van der Waals surface area contributed by atoms with E-state index in [1.54, 1.807) is 7.11 Å². The van der Waals surface area contributed by atoms with Gasteiger partial charge in [0, 0.05) is 17.8 Å². The molecule has 1 atom stereocenters. The molecule has 1 aromatic carbocycles. The summed E-state index contributed by atoms with van der Waals surface area (Å²) in [4.78, 5) is 19.4. The van der Waals surface area contributed by atoms with Crippen molar-refractivity contribution in [1.82, 2.24) is 4.98 Å². The highest BCUT2D eigenvalue weighted by molar-refractivity contribution is 5.88. The summed E-state index contributed by atoms with van der Waals surface area (Å²) in [5.74, 6) is 1.14. The average molecular weight is 312 g/mol. The third-order valence-electron chi connectivity index (χ3n) is 4.10. The van der Waals surface area contributed by atoms with E-state index in [4.69, 9.17) is 14.5 Å². The van der Waals surface area contributed by atoms with Gasteiger partial charge in [-0.3, -0.25) is 4.79 Å². The standard InChI is InChI=1S/C18H20N2O3/c1-18(2,15-9-13(22-3)10-16(21)20-15)17-19-14(11-23-17)12-7-5-4-6-8-12/h4-10,14H,11H2,1-3H3,(H,20,21)/t14-/m1/s1. The molecule has 0 amide bonds. The predicted molar refractivity (Wildman–Crippen MR) is 89.2 cm³/mol. The number of aliphatic imine (C=N–C) groups is 1. The molecule has 1 aromatic heterocycles. The number of nitrogens with one attached hydrogen (secondary N) is 1. The number of aromatic amines is 1. The van der Waals surface area contributed by atoms with Gasteiger partial charge in [0.15, 0.2) is 5.90 Å². The molecule has 0 aliphatic carbocycles. The first-order chi connectivity index (χ1) is 11.0. The molecule has 0 bridgehead atoms. The summed E-state index contributed by atoms with van der Waals surface area (Å²) >= 11 is 0. The molecule has 120 valence electrons. The Morgan fingerprint density at radius 1 is 1.26 bits per heavy atom. The van der Waals surface area contributed by atoms with Crippen LogP contribution in [0.1, 0.15) is 31.1 Å². The van der Waals surface area contributed by atoms with Crippen molar-refractivity contribution in [3.63, 3.8) is 0 Å². The van der Waals surface area contributed by atoms with Crippen LogP contribution in [0.25, 0.3) is 0 Å². The number of methoxy groups -OCH3 is 1. The number of benzene rings is 1. The molecule has 2 heterocycles. The molecule has 0 radical (unpaired) electrons. The summed E-state index contributed by atoms with van der Waals surface area (Å²) in [6.07, 6.45) is 0. The second-order valence-electron chi connectivity index (χ2n) is 6.09. The van der Waals surface area contributed by atoms with Crippen LogP contribution in [0.3, 0.4) is 0 Å². The van der Waals surface area contributed by atoms with Crippen molar-refractivity contribution < 1.29 is 9.47 Å². The summed E-state index contributed by atoms with van der Waals surface area (Å²) < 4.78 is 11.0. The molecular weight excluding hydrogens is 292 g/mol. The van der Waals surface area contributed by atoms with Crippen LogP contribution in [-0.2, 0) is 10.2 Å². The van der Waals surface area contributed by atoms with E-state index in [0.717, 1.165) is 5.56 Å². The minimum absolute atomic E-state index is 0.0113. The Kier molecular flexibility index (Phi) is 3.94. The quantitative estimate of drug-likeness (QED) is 0.944.